The van der Waals surface area contributed by atoms with Gasteiger partial charge in [-0.25, -0.2) is 0 Å². The lowest BCUT2D eigenvalue weighted by atomic mass is 10.1. The highest BCUT2D eigenvalue weighted by Gasteiger charge is 2.20. The highest BCUT2D eigenvalue weighted by Crippen LogP contribution is 2.23. The van der Waals surface area contributed by atoms with E-state index in [1.807, 2.05) is 0 Å². The molecule has 1 amide bonds. The summed E-state index contributed by atoms with van der Waals surface area (Å²) in [6, 6.07) is 3.80. The Morgan fingerprint density at radius 3 is 2.71 bits per heavy atom. The van der Waals surface area contributed by atoms with E-state index in [1.165, 1.54) is 12.1 Å². The summed E-state index contributed by atoms with van der Waals surface area (Å²) in [5.41, 5.74) is -0.437. The molecule has 7 nitrogen and oxygen atoms in total. The Morgan fingerprint density at radius 2 is 2.14 bits per heavy atom. The number of benzene rings is 1. The van der Waals surface area contributed by atoms with Gasteiger partial charge in [-0.05, 0) is 24.5 Å². The number of halogens is 1. The van der Waals surface area contributed by atoms with Gasteiger partial charge in [0.05, 0.1) is 4.92 Å². The molecule has 0 bridgehead atoms. The average Bonchev–Trinajstić information content (AvgIpc) is 2.42. The van der Waals surface area contributed by atoms with E-state index >= 15 is 0 Å². The first kappa shape index (κ1) is 16.9. The Labute approximate surface area is 126 Å². The number of carboxylic acid groups (broad SMARTS) is 1. The van der Waals surface area contributed by atoms with Gasteiger partial charge in [0, 0.05) is 24.1 Å². The van der Waals surface area contributed by atoms with Crippen LogP contribution in [0.15, 0.2) is 18.2 Å². The molecular weight excluding hydrogens is 300 g/mol. The smallest absolute Gasteiger partial charge is 0.303 e. The molecule has 0 aliphatic carbocycles. The number of nitrogens with one attached hydrogen (secondary N) is 1. The van der Waals surface area contributed by atoms with Gasteiger partial charge in [-0.1, -0.05) is 18.5 Å². The molecule has 0 spiro atoms. The first-order chi connectivity index (χ1) is 9.81. The van der Waals surface area contributed by atoms with Crippen molar-refractivity contribution >= 4 is 29.2 Å². The zero-order chi connectivity index (χ0) is 16.0. The fourth-order valence-corrected chi connectivity index (χ4v) is 1.85. The molecule has 0 heterocycles. The molecule has 0 radical (unpaired) electrons. The SMILES string of the molecule is CC(CCC(=O)O)CNC(=O)c1ccc(Cl)cc1[N+](=O)[O-]. The number of hydrogen-bond acceptors (Lipinski definition) is 4. The second kappa shape index (κ2) is 7.58. The maximum atomic E-state index is 11.9. The van der Waals surface area contributed by atoms with Crippen molar-refractivity contribution in [2.24, 2.45) is 5.92 Å². The third-order valence-electron chi connectivity index (χ3n) is 2.86. The normalized spacial score (nSPS) is 11.7. The van der Waals surface area contributed by atoms with Crippen LogP contribution in [0.5, 0.6) is 0 Å². The Hall–Kier alpha value is -2.15. The minimum atomic E-state index is -0.901. The summed E-state index contributed by atoms with van der Waals surface area (Å²) in [6.07, 6.45) is 0.427. The van der Waals surface area contributed by atoms with E-state index in [9.17, 15) is 19.7 Å². The highest BCUT2D eigenvalue weighted by atomic mass is 35.5. The maximum absolute atomic E-state index is 11.9. The van der Waals surface area contributed by atoms with Crippen molar-refractivity contribution < 1.29 is 19.6 Å². The van der Waals surface area contributed by atoms with E-state index in [0.717, 1.165) is 6.07 Å². The number of rotatable bonds is 7. The van der Waals surface area contributed by atoms with Gasteiger partial charge < -0.3 is 10.4 Å². The van der Waals surface area contributed by atoms with Crippen LogP contribution in [-0.4, -0.2) is 28.5 Å². The largest absolute Gasteiger partial charge is 0.481 e. The molecule has 0 saturated carbocycles. The minimum absolute atomic E-state index is 0.0120. The molecule has 0 saturated heterocycles. The van der Waals surface area contributed by atoms with Crippen LogP contribution in [0.1, 0.15) is 30.1 Å². The molecule has 0 aliphatic heterocycles. The van der Waals surface area contributed by atoms with E-state index < -0.39 is 16.8 Å². The molecule has 2 N–H and O–H groups in total. The number of carboxylic acids is 1. The van der Waals surface area contributed by atoms with E-state index in [1.54, 1.807) is 6.92 Å². The van der Waals surface area contributed by atoms with Crippen molar-refractivity contribution in [3.05, 3.63) is 38.9 Å². The topological polar surface area (TPSA) is 110 Å². The summed E-state index contributed by atoms with van der Waals surface area (Å²) in [5, 5.41) is 22.2. The van der Waals surface area contributed by atoms with Crippen LogP contribution in [-0.2, 0) is 4.79 Å². The minimum Gasteiger partial charge on any atom is -0.481 e. The Balaban J connectivity index is 2.68. The van der Waals surface area contributed by atoms with E-state index in [4.69, 9.17) is 16.7 Å². The lowest BCUT2D eigenvalue weighted by Crippen LogP contribution is -2.29. The highest BCUT2D eigenvalue weighted by molar-refractivity contribution is 6.31. The molecule has 114 valence electrons. The van der Waals surface area contributed by atoms with Gasteiger partial charge >= 0.3 is 5.97 Å². The second-order valence-electron chi connectivity index (χ2n) is 4.67. The maximum Gasteiger partial charge on any atom is 0.303 e. The fraction of sp³-hybridized carbons (Fsp3) is 0.385. The molecule has 1 aromatic rings. The van der Waals surface area contributed by atoms with Crippen molar-refractivity contribution in [3.63, 3.8) is 0 Å². The third kappa shape index (κ3) is 5.39. The molecule has 21 heavy (non-hydrogen) atoms. The number of nitrogens with zero attached hydrogens (tertiary/aromatic N) is 1. The monoisotopic (exact) mass is 314 g/mol. The predicted molar refractivity (Wildman–Crippen MR) is 76.5 cm³/mol. The van der Waals surface area contributed by atoms with Gasteiger partial charge in [-0.15, -0.1) is 0 Å². The van der Waals surface area contributed by atoms with E-state index in [2.05, 4.69) is 5.32 Å². The number of nitro benzene ring substituents is 1. The molecule has 0 fully saturated rings. The Morgan fingerprint density at radius 1 is 1.48 bits per heavy atom. The molecule has 1 atom stereocenters. The molecule has 8 heteroatoms. The van der Waals surface area contributed by atoms with E-state index in [0.29, 0.717) is 6.42 Å². The van der Waals surface area contributed by atoms with Gasteiger partial charge in [0.25, 0.3) is 11.6 Å². The van der Waals surface area contributed by atoms with Crippen molar-refractivity contribution in [2.75, 3.05) is 6.54 Å². The van der Waals surface area contributed by atoms with Crippen molar-refractivity contribution in [1.29, 1.82) is 0 Å². The van der Waals surface area contributed by atoms with Gasteiger partial charge in [0.2, 0.25) is 0 Å². The molecule has 0 aliphatic rings. The van der Waals surface area contributed by atoms with Crippen LogP contribution < -0.4 is 5.32 Å². The molecule has 1 unspecified atom stereocenters. The molecule has 0 aromatic heterocycles. The molecule has 1 rings (SSSR count). The summed E-state index contributed by atoms with van der Waals surface area (Å²) >= 11 is 5.67. The lowest BCUT2D eigenvalue weighted by molar-refractivity contribution is -0.385. The zero-order valence-corrected chi connectivity index (χ0v) is 12.1. The summed E-state index contributed by atoms with van der Waals surface area (Å²) in [5.74, 6) is -1.53. The zero-order valence-electron chi connectivity index (χ0n) is 11.3. The quantitative estimate of drug-likeness (QED) is 0.593. The second-order valence-corrected chi connectivity index (χ2v) is 5.10. The Kier molecular flexibility index (Phi) is 6.10. The fourth-order valence-electron chi connectivity index (χ4n) is 1.68. The van der Waals surface area contributed by atoms with Crippen molar-refractivity contribution in [3.8, 4) is 0 Å². The summed E-state index contributed by atoms with van der Waals surface area (Å²) in [7, 11) is 0. The first-order valence-corrected chi connectivity index (χ1v) is 6.63. The predicted octanol–water partition coefficient (Wildman–Crippen LogP) is 2.48. The summed E-state index contributed by atoms with van der Waals surface area (Å²) in [6.45, 7) is 2.03. The third-order valence-corrected chi connectivity index (χ3v) is 3.10. The van der Waals surface area contributed by atoms with Gasteiger partial charge in [0.15, 0.2) is 0 Å². The van der Waals surface area contributed by atoms with Crippen molar-refractivity contribution in [2.45, 2.75) is 19.8 Å². The molecule has 1 aromatic carbocycles. The van der Waals surface area contributed by atoms with Crippen LogP contribution >= 0.6 is 11.6 Å². The van der Waals surface area contributed by atoms with Gasteiger partial charge in [-0.2, -0.15) is 0 Å². The number of aliphatic carboxylic acids is 1. The number of carbonyl (C=O) groups is 2. The lowest BCUT2D eigenvalue weighted by Gasteiger charge is -2.11. The standard InChI is InChI=1S/C13H15ClN2O5/c1-8(2-5-12(17)18)7-15-13(19)10-4-3-9(14)6-11(10)16(20)21/h3-4,6,8H,2,5,7H2,1H3,(H,15,19)(H,17,18). The van der Waals surface area contributed by atoms with Crippen molar-refractivity contribution in [1.82, 2.24) is 5.32 Å². The van der Waals surface area contributed by atoms with Gasteiger partial charge in [-0.3, -0.25) is 19.7 Å². The average molecular weight is 315 g/mol. The summed E-state index contributed by atoms with van der Waals surface area (Å²) < 4.78 is 0. The number of carbonyl (C=O) groups excluding carboxylic acids is 1. The van der Waals surface area contributed by atoms with Crippen LogP contribution in [0.3, 0.4) is 0 Å². The van der Waals surface area contributed by atoms with Crippen LogP contribution in [0.25, 0.3) is 0 Å². The van der Waals surface area contributed by atoms with E-state index in [-0.39, 0.29) is 35.2 Å². The van der Waals surface area contributed by atoms with Crippen LogP contribution in [0.4, 0.5) is 5.69 Å². The first-order valence-electron chi connectivity index (χ1n) is 6.25. The van der Waals surface area contributed by atoms with Crippen LogP contribution in [0, 0.1) is 16.0 Å². The molecular formula is C13H15ClN2O5. The number of amides is 1. The van der Waals surface area contributed by atoms with Gasteiger partial charge in [0.1, 0.15) is 5.56 Å². The Bertz CT molecular complexity index is 561. The summed E-state index contributed by atoms with van der Waals surface area (Å²) in [4.78, 5) is 32.6. The van der Waals surface area contributed by atoms with Crippen LogP contribution in [0.2, 0.25) is 5.02 Å². The number of nitro groups is 1. The number of hydrogen-bond donors (Lipinski definition) is 2.